The Balaban J connectivity index is 1.81. The fraction of sp³-hybridized carbons (Fsp3) is 0.273. The number of fused-ring (bicyclic) bond motifs is 5. The standard InChI is InChI=1S/C22H25N5/c1-2-14(12-21(23)24)6-5-9-18-15-7-3-4-8-16(15)22-17-13-25-27-19(17)10-11-20(22)26-18/h2,5-6,9-11,13,21H,1,3-4,7-8,12,23-24H2,(H,25,27)/b9-5+,14-6+. The number of hydrogen-bond donors (Lipinski definition) is 3. The van der Waals surface area contributed by atoms with Crippen LogP contribution in [0.15, 0.2) is 48.7 Å². The predicted octanol–water partition coefficient (Wildman–Crippen LogP) is 3.75. The Hall–Kier alpha value is -2.76. The number of H-pyrrole nitrogens is 1. The molecule has 1 aliphatic rings. The van der Waals surface area contributed by atoms with Crippen molar-refractivity contribution >= 4 is 27.9 Å². The van der Waals surface area contributed by atoms with E-state index in [-0.39, 0.29) is 6.17 Å². The van der Waals surface area contributed by atoms with Gasteiger partial charge in [0.1, 0.15) is 0 Å². The second-order valence-electron chi connectivity index (χ2n) is 7.12. The van der Waals surface area contributed by atoms with Crippen LogP contribution in [0.25, 0.3) is 27.9 Å². The van der Waals surface area contributed by atoms with E-state index in [9.17, 15) is 0 Å². The molecule has 27 heavy (non-hydrogen) atoms. The van der Waals surface area contributed by atoms with Gasteiger partial charge in [-0.25, -0.2) is 4.98 Å². The summed E-state index contributed by atoms with van der Waals surface area (Å²) in [5, 5.41) is 9.71. The Bertz CT molecular complexity index is 1060. The van der Waals surface area contributed by atoms with Crippen LogP contribution in [0.4, 0.5) is 0 Å². The van der Waals surface area contributed by atoms with Crippen molar-refractivity contribution in [3.63, 3.8) is 0 Å². The van der Waals surface area contributed by atoms with Crippen LogP contribution in [-0.2, 0) is 12.8 Å². The molecule has 1 aliphatic carbocycles. The van der Waals surface area contributed by atoms with E-state index in [2.05, 4.69) is 35.0 Å². The van der Waals surface area contributed by atoms with Crippen molar-refractivity contribution in [1.29, 1.82) is 0 Å². The van der Waals surface area contributed by atoms with Gasteiger partial charge in [0.2, 0.25) is 0 Å². The molecule has 3 aromatic rings. The molecule has 0 spiro atoms. The van der Waals surface area contributed by atoms with E-state index in [1.807, 2.05) is 18.3 Å². The summed E-state index contributed by atoms with van der Waals surface area (Å²) in [6.07, 6.45) is 14.7. The number of nitrogens with zero attached hydrogens (tertiary/aromatic N) is 2. The molecule has 5 nitrogen and oxygen atoms in total. The molecule has 0 fully saturated rings. The molecule has 5 heteroatoms. The van der Waals surface area contributed by atoms with Gasteiger partial charge >= 0.3 is 0 Å². The van der Waals surface area contributed by atoms with Crippen molar-refractivity contribution in [3.05, 3.63) is 65.5 Å². The highest BCUT2D eigenvalue weighted by molar-refractivity contribution is 6.07. The van der Waals surface area contributed by atoms with Gasteiger partial charge < -0.3 is 11.5 Å². The third-order valence-corrected chi connectivity index (χ3v) is 5.22. The lowest BCUT2D eigenvalue weighted by molar-refractivity contribution is 0.686. The number of benzene rings is 1. The number of rotatable bonds is 5. The van der Waals surface area contributed by atoms with Crippen LogP contribution in [0, 0.1) is 0 Å². The van der Waals surface area contributed by atoms with Gasteiger partial charge in [-0.1, -0.05) is 24.8 Å². The molecular formula is C22H25N5. The lowest BCUT2D eigenvalue weighted by Gasteiger charge is -2.20. The number of nitrogens with one attached hydrogen (secondary N) is 1. The summed E-state index contributed by atoms with van der Waals surface area (Å²) in [6.45, 7) is 3.84. The van der Waals surface area contributed by atoms with E-state index in [4.69, 9.17) is 16.5 Å². The molecule has 0 atom stereocenters. The number of aromatic amines is 1. The second-order valence-corrected chi connectivity index (χ2v) is 7.12. The molecule has 5 N–H and O–H groups in total. The van der Waals surface area contributed by atoms with Gasteiger partial charge in [0.25, 0.3) is 0 Å². The van der Waals surface area contributed by atoms with Gasteiger partial charge in [-0.15, -0.1) is 0 Å². The van der Waals surface area contributed by atoms with Crippen molar-refractivity contribution in [1.82, 2.24) is 15.2 Å². The Morgan fingerprint density at radius 1 is 1.22 bits per heavy atom. The molecule has 0 aliphatic heterocycles. The molecule has 4 rings (SSSR count). The molecule has 0 bridgehead atoms. The fourth-order valence-corrected chi connectivity index (χ4v) is 3.97. The van der Waals surface area contributed by atoms with Crippen LogP contribution in [0.1, 0.15) is 36.1 Å². The van der Waals surface area contributed by atoms with E-state index >= 15 is 0 Å². The quantitative estimate of drug-likeness (QED) is 0.478. The van der Waals surface area contributed by atoms with Crippen LogP contribution in [0.3, 0.4) is 0 Å². The van der Waals surface area contributed by atoms with Crippen LogP contribution < -0.4 is 11.5 Å². The number of hydrogen-bond acceptors (Lipinski definition) is 4. The maximum atomic E-state index is 5.69. The van der Waals surface area contributed by atoms with E-state index in [1.165, 1.54) is 34.7 Å². The lowest BCUT2D eigenvalue weighted by Crippen LogP contribution is -2.30. The average molecular weight is 359 g/mol. The van der Waals surface area contributed by atoms with Gasteiger partial charge in [-0.05, 0) is 60.6 Å². The zero-order valence-corrected chi connectivity index (χ0v) is 15.4. The first-order valence-corrected chi connectivity index (χ1v) is 9.45. The van der Waals surface area contributed by atoms with Crippen molar-refractivity contribution in [3.8, 4) is 0 Å². The minimum Gasteiger partial charge on any atom is -0.316 e. The van der Waals surface area contributed by atoms with Gasteiger partial charge in [-0.2, -0.15) is 5.10 Å². The molecule has 0 saturated carbocycles. The van der Waals surface area contributed by atoms with Crippen LogP contribution in [-0.4, -0.2) is 21.3 Å². The predicted molar refractivity (Wildman–Crippen MR) is 112 cm³/mol. The smallest absolute Gasteiger partial charge is 0.0720 e. The molecule has 0 radical (unpaired) electrons. The Morgan fingerprint density at radius 2 is 2.04 bits per heavy atom. The largest absolute Gasteiger partial charge is 0.316 e. The Morgan fingerprint density at radius 3 is 2.81 bits per heavy atom. The second kappa shape index (κ2) is 7.47. The summed E-state index contributed by atoms with van der Waals surface area (Å²) in [7, 11) is 0. The van der Waals surface area contributed by atoms with Crippen LogP contribution in [0.5, 0.6) is 0 Å². The highest BCUT2D eigenvalue weighted by Crippen LogP contribution is 2.34. The highest BCUT2D eigenvalue weighted by atomic mass is 15.1. The number of aromatic nitrogens is 3. The van der Waals surface area contributed by atoms with Gasteiger partial charge in [0.05, 0.1) is 29.1 Å². The zero-order chi connectivity index (χ0) is 18.8. The molecule has 0 unspecified atom stereocenters. The summed E-state index contributed by atoms with van der Waals surface area (Å²) in [5.74, 6) is 0. The molecular weight excluding hydrogens is 334 g/mol. The highest BCUT2D eigenvalue weighted by Gasteiger charge is 2.19. The molecule has 1 aromatic carbocycles. The summed E-state index contributed by atoms with van der Waals surface area (Å²) < 4.78 is 0. The van der Waals surface area contributed by atoms with Gasteiger partial charge in [0, 0.05) is 17.2 Å². The molecule has 0 amide bonds. The molecule has 2 aromatic heterocycles. The zero-order valence-electron chi connectivity index (χ0n) is 15.4. The first kappa shape index (κ1) is 17.6. The van der Waals surface area contributed by atoms with Crippen molar-refractivity contribution in [2.45, 2.75) is 38.3 Å². The molecule has 138 valence electrons. The van der Waals surface area contributed by atoms with Crippen LogP contribution in [0.2, 0.25) is 0 Å². The number of aryl methyl sites for hydroxylation is 1. The van der Waals surface area contributed by atoms with Crippen molar-refractivity contribution in [2.75, 3.05) is 0 Å². The minimum atomic E-state index is -0.369. The number of pyridine rings is 1. The first-order valence-electron chi connectivity index (χ1n) is 9.45. The average Bonchev–Trinajstić information content (AvgIpc) is 3.15. The SMILES string of the molecule is C=C/C(=C\C=C\c1nc2ccc3[nH]ncc3c2c2c1CCCC2)CC(N)N. The first-order chi connectivity index (χ1) is 13.2. The molecule has 0 saturated heterocycles. The maximum Gasteiger partial charge on any atom is 0.0720 e. The maximum absolute atomic E-state index is 5.69. The van der Waals surface area contributed by atoms with E-state index in [1.54, 1.807) is 6.08 Å². The third kappa shape index (κ3) is 3.44. The molecule has 2 heterocycles. The van der Waals surface area contributed by atoms with Crippen LogP contribution >= 0.6 is 0 Å². The van der Waals surface area contributed by atoms with Gasteiger partial charge in [0.15, 0.2) is 0 Å². The van der Waals surface area contributed by atoms with Gasteiger partial charge in [-0.3, -0.25) is 5.10 Å². The minimum absolute atomic E-state index is 0.369. The topological polar surface area (TPSA) is 93.6 Å². The number of nitrogens with two attached hydrogens (primary N) is 2. The van der Waals surface area contributed by atoms with E-state index < -0.39 is 0 Å². The van der Waals surface area contributed by atoms with E-state index in [0.29, 0.717) is 6.42 Å². The lowest BCUT2D eigenvalue weighted by atomic mass is 9.87. The van der Waals surface area contributed by atoms with E-state index in [0.717, 1.165) is 35.1 Å². The third-order valence-electron chi connectivity index (χ3n) is 5.22. The normalized spacial score (nSPS) is 15.1. The summed E-state index contributed by atoms with van der Waals surface area (Å²) in [5.41, 5.74) is 18.3. The monoisotopic (exact) mass is 359 g/mol. The van der Waals surface area contributed by atoms with Crippen molar-refractivity contribution < 1.29 is 0 Å². The summed E-state index contributed by atoms with van der Waals surface area (Å²) in [6, 6.07) is 4.14. The number of allylic oxidation sites excluding steroid dienone is 3. The van der Waals surface area contributed by atoms with Crippen molar-refractivity contribution in [2.24, 2.45) is 11.5 Å². The fourth-order valence-electron chi connectivity index (χ4n) is 3.97. The Labute approximate surface area is 158 Å². The summed E-state index contributed by atoms with van der Waals surface area (Å²) in [4.78, 5) is 4.97. The summed E-state index contributed by atoms with van der Waals surface area (Å²) >= 11 is 0. The Kier molecular flexibility index (Phi) is 4.88.